The fourth-order valence-electron chi connectivity index (χ4n) is 6.09. The van der Waals surface area contributed by atoms with E-state index in [0.717, 1.165) is 42.6 Å². The third kappa shape index (κ3) is 6.49. The smallest absolute Gasteiger partial charge is 0.409 e. The number of aromatic nitrogens is 2. The van der Waals surface area contributed by atoms with Gasteiger partial charge in [-0.05, 0) is 55.4 Å². The van der Waals surface area contributed by atoms with E-state index in [1.165, 1.54) is 22.9 Å². The van der Waals surface area contributed by atoms with Gasteiger partial charge in [0.2, 0.25) is 0 Å². The molecule has 3 aromatic rings. The summed E-state index contributed by atoms with van der Waals surface area (Å²) in [6.45, 7) is 13.2. The van der Waals surface area contributed by atoms with Gasteiger partial charge in [0.1, 0.15) is 12.4 Å². The Bertz CT molecular complexity index is 1420. The predicted molar refractivity (Wildman–Crippen MR) is 170 cm³/mol. The summed E-state index contributed by atoms with van der Waals surface area (Å²) < 4.78 is 11.9. The minimum absolute atomic E-state index is 0.201. The molecule has 0 aliphatic carbocycles. The molecule has 1 amide bonds. The molecule has 3 aliphatic heterocycles. The van der Waals surface area contributed by atoms with Crippen molar-refractivity contribution in [1.82, 2.24) is 19.8 Å². The van der Waals surface area contributed by atoms with Gasteiger partial charge in [0.25, 0.3) is 0 Å². The van der Waals surface area contributed by atoms with Crippen LogP contribution in [0.4, 0.5) is 16.3 Å². The summed E-state index contributed by atoms with van der Waals surface area (Å²) in [5.74, 6) is 0.935. The lowest BCUT2D eigenvalue weighted by Gasteiger charge is -2.35. The molecule has 6 rings (SSSR count). The number of hydrogen-bond acceptors (Lipinski definition) is 8. The molecule has 2 saturated heterocycles. The van der Waals surface area contributed by atoms with Crippen LogP contribution in [-0.2, 0) is 17.8 Å². The third-order valence-electron chi connectivity index (χ3n) is 8.83. The molecule has 1 aromatic heterocycles. The molecule has 0 unspecified atom stereocenters. The quantitative estimate of drug-likeness (QED) is 0.332. The van der Waals surface area contributed by atoms with E-state index in [9.17, 15) is 4.79 Å². The molecule has 0 spiro atoms. The largest absolute Gasteiger partial charge is 0.462 e. The van der Waals surface area contributed by atoms with Crippen LogP contribution in [0.15, 0.2) is 42.5 Å². The Kier molecular flexibility index (Phi) is 8.27. The highest BCUT2D eigenvalue weighted by molar-refractivity contribution is 6.76. The van der Waals surface area contributed by atoms with E-state index in [1.54, 1.807) is 0 Å². The number of carbonyl (C=O) groups is 1. The van der Waals surface area contributed by atoms with Crippen molar-refractivity contribution in [3.63, 3.8) is 0 Å². The van der Waals surface area contributed by atoms with Gasteiger partial charge in [0.05, 0.1) is 18.8 Å². The van der Waals surface area contributed by atoms with E-state index in [4.69, 9.17) is 19.4 Å². The Morgan fingerprint density at radius 1 is 0.952 bits per heavy atom. The van der Waals surface area contributed by atoms with Crippen LogP contribution < -0.4 is 14.5 Å². The maximum atomic E-state index is 12.7. The second-order valence-corrected chi connectivity index (χ2v) is 18.8. The van der Waals surface area contributed by atoms with Gasteiger partial charge in [-0.3, -0.25) is 0 Å². The van der Waals surface area contributed by atoms with Crippen LogP contribution >= 0.6 is 0 Å². The van der Waals surface area contributed by atoms with Crippen molar-refractivity contribution in [3.05, 3.63) is 53.7 Å². The van der Waals surface area contributed by atoms with E-state index in [1.807, 2.05) is 4.90 Å². The average molecular weight is 589 g/mol. The second-order valence-electron chi connectivity index (χ2n) is 13.1. The van der Waals surface area contributed by atoms with Gasteiger partial charge in [0.15, 0.2) is 0 Å². The zero-order chi connectivity index (χ0) is 29.3. The summed E-state index contributed by atoms with van der Waals surface area (Å²) in [6.07, 6.45) is 2.14. The molecule has 1 atom stereocenters. The van der Waals surface area contributed by atoms with E-state index >= 15 is 0 Å². The predicted octanol–water partition coefficient (Wildman–Crippen LogP) is 5.22. The first-order chi connectivity index (χ1) is 20.2. The molecule has 9 nitrogen and oxygen atoms in total. The van der Waals surface area contributed by atoms with Gasteiger partial charge in [0, 0.05) is 58.1 Å². The molecular weight excluding hydrogens is 544 g/mol. The molecule has 0 bridgehead atoms. The maximum absolute atomic E-state index is 12.7. The number of likely N-dealkylation sites (N-methyl/N-ethyl adjacent to an activating group) is 1. The summed E-state index contributed by atoms with van der Waals surface area (Å²) in [5, 5.41) is 2.47. The fourth-order valence-corrected chi connectivity index (χ4v) is 6.81. The monoisotopic (exact) mass is 588 g/mol. The van der Waals surface area contributed by atoms with E-state index in [0.29, 0.717) is 58.0 Å². The van der Waals surface area contributed by atoms with E-state index in [-0.39, 0.29) is 6.09 Å². The van der Waals surface area contributed by atoms with Crippen molar-refractivity contribution in [2.45, 2.75) is 57.7 Å². The zero-order valence-electron chi connectivity index (χ0n) is 25.5. The lowest BCUT2D eigenvalue weighted by molar-refractivity contribution is 0.104. The van der Waals surface area contributed by atoms with Crippen molar-refractivity contribution < 1.29 is 14.3 Å². The van der Waals surface area contributed by atoms with Crippen LogP contribution in [0.2, 0.25) is 25.7 Å². The fraction of sp³-hybridized carbons (Fsp3) is 0.531. The Labute approximate surface area is 250 Å². The van der Waals surface area contributed by atoms with Crippen LogP contribution in [-0.4, -0.2) is 93.0 Å². The number of piperazine rings is 1. The summed E-state index contributed by atoms with van der Waals surface area (Å²) in [4.78, 5) is 31.5. The summed E-state index contributed by atoms with van der Waals surface area (Å²) in [6, 6.07) is 17.0. The molecule has 0 N–H and O–H groups in total. The Hall–Kier alpha value is -3.37. The number of anilines is 2. The number of hydrogen-bond donors (Lipinski definition) is 0. The Morgan fingerprint density at radius 3 is 2.48 bits per heavy atom. The number of ether oxygens (including phenoxy) is 2. The summed E-state index contributed by atoms with van der Waals surface area (Å²) in [7, 11) is 0.915. The summed E-state index contributed by atoms with van der Waals surface area (Å²) >= 11 is 0. The molecule has 3 aliphatic rings. The number of likely N-dealkylation sites (tertiary alicyclic amines) is 1. The molecule has 0 saturated carbocycles. The van der Waals surface area contributed by atoms with Crippen molar-refractivity contribution in [2.24, 2.45) is 0 Å². The number of carbonyl (C=O) groups excluding carboxylic acids is 1. The van der Waals surface area contributed by atoms with Gasteiger partial charge in [-0.25, -0.2) is 4.79 Å². The van der Waals surface area contributed by atoms with Crippen molar-refractivity contribution >= 4 is 36.4 Å². The highest BCUT2D eigenvalue weighted by atomic mass is 28.3. The Balaban J connectivity index is 1.19. The molecule has 224 valence electrons. The first-order valence-corrected chi connectivity index (χ1v) is 19.1. The molecule has 2 aromatic carbocycles. The number of amides is 1. The lowest BCUT2D eigenvalue weighted by Crippen LogP contribution is -2.49. The minimum atomic E-state index is -1.24. The highest BCUT2D eigenvalue weighted by Gasteiger charge is 2.32. The van der Waals surface area contributed by atoms with Gasteiger partial charge in [-0.2, -0.15) is 9.97 Å². The van der Waals surface area contributed by atoms with Gasteiger partial charge in [-0.1, -0.05) is 50.0 Å². The van der Waals surface area contributed by atoms with E-state index < -0.39 is 8.07 Å². The molecule has 42 heavy (non-hydrogen) atoms. The molecule has 10 heteroatoms. The van der Waals surface area contributed by atoms with Crippen molar-refractivity contribution in [3.8, 4) is 6.01 Å². The number of nitrogens with zero attached hydrogens (tertiary/aromatic N) is 6. The highest BCUT2D eigenvalue weighted by Crippen LogP contribution is 2.35. The van der Waals surface area contributed by atoms with Crippen molar-refractivity contribution in [2.75, 3.05) is 62.8 Å². The first-order valence-electron chi connectivity index (χ1n) is 15.4. The minimum Gasteiger partial charge on any atom is -0.462 e. The third-order valence-corrected chi connectivity index (χ3v) is 10.5. The topological polar surface area (TPSA) is 74.3 Å². The van der Waals surface area contributed by atoms with Gasteiger partial charge in [-0.15, -0.1) is 0 Å². The molecule has 0 radical (unpaired) electrons. The van der Waals surface area contributed by atoms with Crippen LogP contribution in [0, 0.1) is 0 Å². The average Bonchev–Trinajstić information content (AvgIpc) is 3.60. The summed E-state index contributed by atoms with van der Waals surface area (Å²) in [5.41, 5.74) is 3.36. The number of rotatable bonds is 8. The zero-order valence-corrected chi connectivity index (χ0v) is 26.5. The van der Waals surface area contributed by atoms with Gasteiger partial charge >= 0.3 is 12.1 Å². The van der Waals surface area contributed by atoms with Gasteiger partial charge < -0.3 is 29.1 Å². The van der Waals surface area contributed by atoms with Crippen LogP contribution in [0.5, 0.6) is 6.01 Å². The molecule has 4 heterocycles. The number of benzene rings is 2. The second kappa shape index (κ2) is 12.1. The lowest BCUT2D eigenvalue weighted by atomic mass is 10.1. The van der Waals surface area contributed by atoms with Crippen LogP contribution in [0.25, 0.3) is 10.8 Å². The standard InChI is InChI=1S/C32H44N6O3Si/c1-35-13-7-10-27(35)23-41-31-33-29-22-38(26-12-11-24-8-5-6-9-25(24)20-26)21-28(29)30(34-31)36-14-16-37(17-15-36)32(39)40-18-19-42(2,3)4/h5-6,8-9,11-12,20,27H,7,10,13-19,21-23H2,1-4H3/t27-/m0/s1. The van der Waals surface area contributed by atoms with Crippen LogP contribution in [0.1, 0.15) is 24.1 Å². The maximum Gasteiger partial charge on any atom is 0.409 e. The van der Waals surface area contributed by atoms with Crippen molar-refractivity contribution in [1.29, 1.82) is 0 Å². The van der Waals surface area contributed by atoms with E-state index in [2.05, 4.69) is 83.9 Å². The number of fused-ring (bicyclic) bond motifs is 2. The molecule has 2 fully saturated rings. The normalized spacial score (nSPS) is 19.4. The first kappa shape index (κ1) is 28.7. The van der Waals surface area contributed by atoms with Crippen LogP contribution in [0.3, 0.4) is 0 Å². The SMILES string of the molecule is CN1CCC[C@H]1COc1nc2c(c(N3CCN(C(=O)OCC[Si](C)(C)C)CC3)n1)CN(c1ccc3ccccc3c1)C2. The Morgan fingerprint density at radius 2 is 1.74 bits per heavy atom. The molecular formula is C32H44N6O3Si.